The van der Waals surface area contributed by atoms with Crippen molar-refractivity contribution in [2.45, 2.75) is 24.5 Å². The lowest BCUT2D eigenvalue weighted by Crippen LogP contribution is -2.51. The first-order valence-corrected chi connectivity index (χ1v) is 4.98. The normalized spacial score (nSPS) is 29.0. The first-order chi connectivity index (χ1) is 8.49. The SMILES string of the molecule is N=C(NC=O)NC(=O)N[C@@H]1O[C@H](CO)[C@@H](O)[C@H]1O.O. The molecule has 0 bridgehead atoms. The summed E-state index contributed by atoms with van der Waals surface area (Å²) in [5.74, 6) is -0.561. The highest BCUT2D eigenvalue weighted by molar-refractivity contribution is 5.98. The molecule has 0 radical (unpaired) electrons. The molecule has 9 N–H and O–H groups in total. The molecule has 1 aliphatic rings. The molecule has 11 heteroatoms. The molecule has 1 saturated heterocycles. The average molecular weight is 280 g/mol. The number of amides is 3. The highest BCUT2D eigenvalue weighted by atomic mass is 16.6. The van der Waals surface area contributed by atoms with Crippen LogP contribution in [0.3, 0.4) is 0 Å². The number of hydrogen-bond donors (Lipinski definition) is 7. The summed E-state index contributed by atoms with van der Waals surface area (Å²) in [6, 6.07) is -0.913. The Labute approximate surface area is 107 Å². The minimum atomic E-state index is -1.40. The minimum Gasteiger partial charge on any atom is -0.412 e. The quantitative estimate of drug-likeness (QED) is 0.155. The van der Waals surface area contributed by atoms with Crippen molar-refractivity contribution in [2.75, 3.05) is 6.61 Å². The number of nitrogens with one attached hydrogen (secondary N) is 4. The Hall–Kier alpha value is -1.79. The van der Waals surface area contributed by atoms with Crippen LogP contribution in [0.15, 0.2) is 0 Å². The Balaban J connectivity index is 0.00000324. The number of aliphatic hydroxyl groups is 3. The predicted molar refractivity (Wildman–Crippen MR) is 60.0 cm³/mol. The van der Waals surface area contributed by atoms with Crippen molar-refractivity contribution in [3.05, 3.63) is 0 Å². The van der Waals surface area contributed by atoms with Gasteiger partial charge in [-0.25, -0.2) is 4.79 Å². The van der Waals surface area contributed by atoms with Gasteiger partial charge in [0, 0.05) is 0 Å². The highest BCUT2D eigenvalue weighted by Gasteiger charge is 2.43. The molecule has 0 aromatic carbocycles. The fraction of sp³-hybridized carbons (Fsp3) is 0.625. The van der Waals surface area contributed by atoms with Gasteiger partial charge in [0.25, 0.3) is 0 Å². The lowest BCUT2D eigenvalue weighted by molar-refractivity contribution is -0.108. The monoisotopic (exact) mass is 280 g/mol. The van der Waals surface area contributed by atoms with Crippen molar-refractivity contribution < 1.29 is 35.1 Å². The van der Waals surface area contributed by atoms with Gasteiger partial charge in [-0.1, -0.05) is 0 Å². The van der Waals surface area contributed by atoms with Crippen LogP contribution in [0.2, 0.25) is 0 Å². The van der Waals surface area contributed by atoms with Crippen LogP contribution < -0.4 is 16.0 Å². The largest absolute Gasteiger partial charge is 0.412 e. The van der Waals surface area contributed by atoms with E-state index in [-0.39, 0.29) is 11.9 Å². The third-order valence-corrected chi connectivity index (χ3v) is 2.26. The summed E-state index contributed by atoms with van der Waals surface area (Å²) in [6.45, 7) is -0.513. The number of rotatable bonds is 3. The molecule has 0 unspecified atom stereocenters. The van der Waals surface area contributed by atoms with Crippen LogP contribution in [0, 0.1) is 5.41 Å². The maximum absolute atomic E-state index is 11.3. The first kappa shape index (κ1) is 17.2. The number of carbonyl (C=O) groups excluding carboxylic acids is 2. The molecule has 19 heavy (non-hydrogen) atoms. The Bertz CT molecular complexity index is 339. The van der Waals surface area contributed by atoms with Gasteiger partial charge in [-0.3, -0.25) is 20.8 Å². The predicted octanol–water partition coefficient (Wildman–Crippen LogP) is -4.42. The molecule has 1 rings (SSSR count). The van der Waals surface area contributed by atoms with Crippen LogP contribution in [0.1, 0.15) is 0 Å². The van der Waals surface area contributed by atoms with E-state index in [1.807, 2.05) is 10.6 Å². The summed E-state index contributed by atoms with van der Waals surface area (Å²) in [7, 11) is 0. The zero-order valence-electron chi connectivity index (χ0n) is 9.66. The van der Waals surface area contributed by atoms with Gasteiger partial charge in [-0.15, -0.1) is 0 Å². The molecule has 0 aliphatic carbocycles. The van der Waals surface area contributed by atoms with Crippen LogP contribution in [-0.4, -0.2) is 70.3 Å². The van der Waals surface area contributed by atoms with E-state index in [0.29, 0.717) is 0 Å². The summed E-state index contributed by atoms with van der Waals surface area (Å²) in [4.78, 5) is 21.2. The molecule has 110 valence electrons. The maximum atomic E-state index is 11.3. The van der Waals surface area contributed by atoms with Gasteiger partial charge in [-0.05, 0) is 0 Å². The van der Waals surface area contributed by atoms with Crippen LogP contribution in [0.25, 0.3) is 0 Å². The molecule has 11 nitrogen and oxygen atoms in total. The second-order valence-electron chi connectivity index (χ2n) is 3.49. The summed E-state index contributed by atoms with van der Waals surface area (Å²) in [5, 5.41) is 40.7. The molecular formula is C8H16N4O7. The van der Waals surface area contributed by atoms with E-state index >= 15 is 0 Å². The average Bonchev–Trinajstić information content (AvgIpc) is 2.57. The molecule has 4 atom stereocenters. The smallest absolute Gasteiger partial charge is 0.323 e. The summed E-state index contributed by atoms with van der Waals surface area (Å²) in [6.07, 6.45) is -4.75. The number of ether oxygens (including phenoxy) is 1. The third-order valence-electron chi connectivity index (χ3n) is 2.26. The van der Waals surface area contributed by atoms with Gasteiger partial charge in [-0.2, -0.15) is 0 Å². The van der Waals surface area contributed by atoms with E-state index in [2.05, 4.69) is 5.32 Å². The second kappa shape index (κ2) is 7.60. The molecule has 0 aromatic heterocycles. The zero-order chi connectivity index (χ0) is 13.7. The van der Waals surface area contributed by atoms with Crippen molar-refractivity contribution in [1.82, 2.24) is 16.0 Å². The first-order valence-electron chi connectivity index (χ1n) is 4.98. The molecule has 1 heterocycles. The van der Waals surface area contributed by atoms with Gasteiger partial charge in [0.2, 0.25) is 12.4 Å². The number of hydrogen-bond acceptors (Lipinski definition) is 7. The summed E-state index contributed by atoms with van der Waals surface area (Å²) < 4.78 is 4.96. The van der Waals surface area contributed by atoms with Gasteiger partial charge < -0.3 is 30.8 Å². The second-order valence-corrected chi connectivity index (χ2v) is 3.49. The minimum absolute atomic E-state index is 0. The van der Waals surface area contributed by atoms with Crippen molar-refractivity contribution in [3.8, 4) is 0 Å². The highest BCUT2D eigenvalue weighted by Crippen LogP contribution is 2.18. The van der Waals surface area contributed by atoms with Crippen LogP contribution in [0.5, 0.6) is 0 Å². The van der Waals surface area contributed by atoms with Gasteiger partial charge in [0.1, 0.15) is 18.3 Å². The maximum Gasteiger partial charge on any atom is 0.323 e. The topological polar surface area (TPSA) is 196 Å². The Kier molecular flexibility index (Phi) is 6.89. The van der Waals surface area contributed by atoms with Gasteiger partial charge in [0.05, 0.1) is 6.61 Å². The van der Waals surface area contributed by atoms with Crippen molar-refractivity contribution >= 4 is 18.4 Å². The van der Waals surface area contributed by atoms with E-state index in [1.165, 1.54) is 0 Å². The van der Waals surface area contributed by atoms with E-state index in [0.717, 1.165) is 0 Å². The van der Waals surface area contributed by atoms with Gasteiger partial charge >= 0.3 is 6.03 Å². The van der Waals surface area contributed by atoms with E-state index in [9.17, 15) is 19.8 Å². The fourth-order valence-electron chi connectivity index (χ4n) is 1.39. The number of guanidine groups is 1. The van der Waals surface area contributed by atoms with Gasteiger partial charge in [0.15, 0.2) is 6.23 Å². The fourth-order valence-corrected chi connectivity index (χ4v) is 1.39. The Morgan fingerprint density at radius 1 is 1.37 bits per heavy atom. The Morgan fingerprint density at radius 3 is 2.47 bits per heavy atom. The Morgan fingerprint density at radius 2 is 2.00 bits per heavy atom. The lowest BCUT2D eigenvalue weighted by atomic mass is 10.1. The molecule has 3 amide bonds. The molecule has 1 aliphatic heterocycles. The molecule has 0 saturated carbocycles. The standard InChI is InChI=1S/C8H14N4O6.H2O/c9-7(10-2-14)12-8(17)11-6-5(16)4(15)3(1-13)18-6;/h2-6,13,15-16H,1H2,(H4,9,10,11,12,14,17);1H2/t3-,4-,5-,6-;/m1./s1. The lowest BCUT2D eigenvalue weighted by Gasteiger charge is -2.16. The molecule has 1 fully saturated rings. The van der Waals surface area contributed by atoms with Crippen LogP contribution in [-0.2, 0) is 9.53 Å². The van der Waals surface area contributed by atoms with E-state index in [4.69, 9.17) is 15.3 Å². The molecular weight excluding hydrogens is 264 g/mol. The summed E-state index contributed by atoms with van der Waals surface area (Å²) in [5.41, 5.74) is 0. The van der Waals surface area contributed by atoms with Crippen molar-refractivity contribution in [2.24, 2.45) is 0 Å². The van der Waals surface area contributed by atoms with Crippen LogP contribution >= 0.6 is 0 Å². The number of urea groups is 1. The van der Waals surface area contributed by atoms with Crippen LogP contribution in [0.4, 0.5) is 4.79 Å². The van der Waals surface area contributed by atoms with Crippen molar-refractivity contribution in [3.63, 3.8) is 0 Å². The molecule has 0 spiro atoms. The van der Waals surface area contributed by atoms with E-state index < -0.39 is 43.1 Å². The van der Waals surface area contributed by atoms with E-state index in [1.54, 1.807) is 0 Å². The third kappa shape index (κ3) is 4.42. The molecule has 0 aromatic rings. The summed E-state index contributed by atoms with van der Waals surface area (Å²) >= 11 is 0. The zero-order valence-corrected chi connectivity index (χ0v) is 9.66. The number of aliphatic hydroxyl groups excluding tert-OH is 3. The number of carbonyl (C=O) groups is 2. The van der Waals surface area contributed by atoms with Crippen molar-refractivity contribution in [1.29, 1.82) is 5.41 Å².